The van der Waals surface area contributed by atoms with Gasteiger partial charge in [0.15, 0.2) is 24.0 Å². The van der Waals surface area contributed by atoms with Crippen LogP contribution in [0.15, 0.2) is 66.2 Å². The van der Waals surface area contributed by atoms with Crippen molar-refractivity contribution in [2.24, 2.45) is 5.16 Å². The van der Waals surface area contributed by atoms with Crippen molar-refractivity contribution in [1.82, 2.24) is 9.88 Å². The van der Waals surface area contributed by atoms with Gasteiger partial charge in [0.25, 0.3) is 0 Å². The Balaban J connectivity index is 1.41. The number of hydrogen-bond donors (Lipinski definition) is 0. The largest absolute Gasteiger partial charge is 0.619 e. The summed E-state index contributed by atoms with van der Waals surface area (Å²) in [5, 5.41) is 15.3. The van der Waals surface area contributed by atoms with Crippen LogP contribution in [0.1, 0.15) is 48.1 Å². The fourth-order valence-electron chi connectivity index (χ4n) is 4.05. The van der Waals surface area contributed by atoms with Crippen molar-refractivity contribution in [3.05, 3.63) is 100 Å². The van der Waals surface area contributed by atoms with Crippen molar-refractivity contribution < 1.29 is 18.3 Å². The predicted octanol–water partition coefficient (Wildman–Crippen LogP) is 4.16. The summed E-state index contributed by atoms with van der Waals surface area (Å²) in [6.45, 7) is 4.78. The van der Waals surface area contributed by atoms with Gasteiger partial charge in [0.1, 0.15) is 12.3 Å². The second-order valence-corrected chi connectivity index (χ2v) is 8.07. The van der Waals surface area contributed by atoms with Crippen molar-refractivity contribution in [2.45, 2.75) is 32.2 Å². The lowest BCUT2D eigenvalue weighted by Gasteiger charge is -2.31. The highest BCUT2D eigenvalue weighted by atomic mass is 19.2. The minimum absolute atomic E-state index is 0.356. The van der Waals surface area contributed by atoms with Crippen LogP contribution in [0.4, 0.5) is 8.78 Å². The van der Waals surface area contributed by atoms with Crippen molar-refractivity contribution in [1.29, 1.82) is 0 Å². The second-order valence-electron chi connectivity index (χ2n) is 8.07. The molecule has 0 saturated carbocycles. The minimum atomic E-state index is -0.938. The summed E-state index contributed by atoms with van der Waals surface area (Å²) in [5.41, 5.74) is 3.62. The molecule has 172 valence electrons. The number of likely N-dealkylation sites (tertiary alicyclic amines) is 1. The van der Waals surface area contributed by atoms with Gasteiger partial charge in [0.05, 0.1) is 5.69 Å². The molecular weight excluding hydrogens is 426 g/mol. The van der Waals surface area contributed by atoms with E-state index in [1.165, 1.54) is 11.6 Å². The Morgan fingerprint density at radius 2 is 1.82 bits per heavy atom. The number of hydrogen-bond acceptors (Lipinski definition) is 5. The first-order chi connectivity index (χ1) is 16.0. The van der Waals surface area contributed by atoms with Crippen LogP contribution in [0.3, 0.4) is 0 Å². The van der Waals surface area contributed by atoms with Gasteiger partial charge in [0, 0.05) is 36.0 Å². The Hall–Kier alpha value is -3.39. The molecule has 0 amide bonds. The van der Waals surface area contributed by atoms with Crippen LogP contribution in [0, 0.1) is 16.8 Å². The van der Waals surface area contributed by atoms with Crippen LogP contribution in [0.2, 0.25) is 0 Å². The number of aromatic nitrogens is 2. The zero-order chi connectivity index (χ0) is 23.2. The summed E-state index contributed by atoms with van der Waals surface area (Å²) in [5.74, 6) is -1.38. The summed E-state index contributed by atoms with van der Waals surface area (Å²) < 4.78 is 27.9. The maximum absolute atomic E-state index is 13.7. The van der Waals surface area contributed by atoms with Crippen molar-refractivity contribution in [3.8, 4) is 0 Å². The molecule has 4 rings (SSSR count). The van der Waals surface area contributed by atoms with Gasteiger partial charge in [-0.1, -0.05) is 5.16 Å². The molecule has 2 aromatic heterocycles. The van der Waals surface area contributed by atoms with Crippen LogP contribution in [0.25, 0.3) is 0 Å². The molecule has 1 aromatic carbocycles. The first kappa shape index (κ1) is 22.8. The molecule has 0 unspecified atom stereocenters. The number of nitrogens with zero attached hydrogens (tertiary/aromatic N) is 4. The van der Waals surface area contributed by atoms with Gasteiger partial charge in [-0.3, -0.25) is 9.88 Å². The lowest BCUT2D eigenvalue weighted by molar-refractivity contribution is -0.605. The molecule has 1 aliphatic rings. The number of piperidine rings is 1. The first-order valence-electron chi connectivity index (χ1n) is 11.0. The molecule has 3 aromatic rings. The Labute approximate surface area is 191 Å². The zero-order valence-electron chi connectivity index (χ0n) is 18.5. The molecule has 0 N–H and O–H groups in total. The molecule has 1 aliphatic heterocycles. The van der Waals surface area contributed by atoms with Crippen LogP contribution in [0.5, 0.6) is 0 Å². The topological polar surface area (TPSA) is 64.7 Å². The van der Waals surface area contributed by atoms with Gasteiger partial charge in [0.2, 0.25) is 0 Å². The van der Waals surface area contributed by atoms with E-state index in [0.29, 0.717) is 29.4 Å². The smallest absolute Gasteiger partial charge is 0.180 e. The number of halogens is 2. The standard InChI is InChI=1S/C25H26F2N4O2/c1-2-33-29-25(20-4-6-23(26)24(27)15-20)21-3-5-22(28-16-21)17-30-11-7-18(8-12-30)19-9-13-31(32)14-10-19/h3-6,9-10,13-16,18H,2,7-8,11-12,17H2,1H3/b29-25+. The van der Waals surface area contributed by atoms with Crippen LogP contribution in [-0.4, -0.2) is 35.3 Å². The maximum atomic E-state index is 13.7. The SMILES string of the molecule is CCO/N=C(/c1ccc(CN2CCC(c3cc[n+]([O-])cc3)CC2)nc1)c1ccc(F)c(F)c1. The first-order valence-corrected chi connectivity index (χ1v) is 11.0. The van der Waals surface area contributed by atoms with Gasteiger partial charge in [-0.05, 0) is 74.7 Å². The molecule has 6 nitrogen and oxygen atoms in total. The summed E-state index contributed by atoms with van der Waals surface area (Å²) in [6.07, 6.45) is 6.85. The molecule has 33 heavy (non-hydrogen) atoms. The van der Waals surface area contributed by atoms with Gasteiger partial charge in [-0.15, -0.1) is 0 Å². The Morgan fingerprint density at radius 3 is 2.45 bits per heavy atom. The highest BCUT2D eigenvalue weighted by Gasteiger charge is 2.21. The van der Waals surface area contributed by atoms with Gasteiger partial charge in [-0.2, -0.15) is 4.73 Å². The van der Waals surface area contributed by atoms with E-state index in [1.807, 2.05) is 24.3 Å². The summed E-state index contributed by atoms with van der Waals surface area (Å²) in [7, 11) is 0. The molecule has 1 fully saturated rings. The van der Waals surface area contributed by atoms with E-state index in [4.69, 9.17) is 4.84 Å². The average Bonchev–Trinajstić information content (AvgIpc) is 2.83. The second kappa shape index (κ2) is 10.5. The number of oxime groups is 1. The van der Waals surface area contributed by atoms with Gasteiger partial charge >= 0.3 is 0 Å². The van der Waals surface area contributed by atoms with Crippen molar-refractivity contribution in [3.63, 3.8) is 0 Å². The molecule has 0 atom stereocenters. The van der Waals surface area contributed by atoms with Crippen LogP contribution in [-0.2, 0) is 11.4 Å². The van der Waals surface area contributed by atoms with E-state index in [9.17, 15) is 14.0 Å². The number of pyridine rings is 2. The number of benzene rings is 1. The molecule has 0 bridgehead atoms. The molecule has 0 radical (unpaired) electrons. The Morgan fingerprint density at radius 1 is 1.09 bits per heavy atom. The fourth-order valence-corrected chi connectivity index (χ4v) is 4.05. The molecule has 0 aliphatic carbocycles. The van der Waals surface area contributed by atoms with Gasteiger partial charge in [-0.25, -0.2) is 8.78 Å². The fraction of sp³-hybridized carbons (Fsp3) is 0.320. The lowest BCUT2D eigenvalue weighted by Crippen LogP contribution is -2.33. The highest BCUT2D eigenvalue weighted by molar-refractivity contribution is 6.12. The van der Waals surface area contributed by atoms with E-state index >= 15 is 0 Å². The number of rotatable bonds is 7. The highest BCUT2D eigenvalue weighted by Crippen LogP contribution is 2.28. The molecular formula is C25H26F2N4O2. The summed E-state index contributed by atoms with van der Waals surface area (Å²) in [6, 6.07) is 11.3. The average molecular weight is 453 g/mol. The molecule has 3 heterocycles. The predicted molar refractivity (Wildman–Crippen MR) is 121 cm³/mol. The lowest BCUT2D eigenvalue weighted by atomic mass is 9.90. The third-order valence-corrected chi connectivity index (χ3v) is 5.85. The minimum Gasteiger partial charge on any atom is -0.619 e. The van der Waals surface area contributed by atoms with Crippen molar-refractivity contribution >= 4 is 5.71 Å². The molecule has 1 saturated heterocycles. The van der Waals surface area contributed by atoms with E-state index in [2.05, 4.69) is 15.0 Å². The third-order valence-electron chi connectivity index (χ3n) is 5.85. The van der Waals surface area contributed by atoms with Crippen LogP contribution >= 0.6 is 0 Å². The van der Waals surface area contributed by atoms with Crippen molar-refractivity contribution in [2.75, 3.05) is 19.7 Å². The van der Waals surface area contributed by atoms with E-state index in [1.54, 1.807) is 25.5 Å². The van der Waals surface area contributed by atoms with E-state index in [-0.39, 0.29) is 0 Å². The van der Waals surface area contributed by atoms with Gasteiger partial charge < -0.3 is 10.0 Å². The quantitative estimate of drug-likeness (QED) is 0.234. The Bertz CT molecular complexity index is 1100. The zero-order valence-corrected chi connectivity index (χ0v) is 18.5. The van der Waals surface area contributed by atoms with E-state index < -0.39 is 11.6 Å². The molecule has 0 spiro atoms. The summed E-state index contributed by atoms with van der Waals surface area (Å²) in [4.78, 5) is 12.1. The summed E-state index contributed by atoms with van der Waals surface area (Å²) >= 11 is 0. The monoisotopic (exact) mass is 452 g/mol. The normalized spacial score (nSPS) is 15.5. The third kappa shape index (κ3) is 5.70. The Kier molecular flexibility index (Phi) is 7.24. The van der Waals surface area contributed by atoms with Crippen LogP contribution < -0.4 is 4.73 Å². The molecule has 8 heteroatoms. The maximum Gasteiger partial charge on any atom is 0.180 e. The van der Waals surface area contributed by atoms with E-state index in [0.717, 1.165) is 55.0 Å².